The van der Waals surface area contributed by atoms with Gasteiger partial charge in [0.2, 0.25) is 0 Å². The molecule has 5 nitrogen and oxygen atoms in total. The van der Waals surface area contributed by atoms with Crippen LogP contribution in [0.1, 0.15) is 72.6 Å². The van der Waals surface area contributed by atoms with Gasteiger partial charge in [-0.05, 0) is 0 Å². The molecule has 0 spiro atoms. The third-order valence-corrected chi connectivity index (χ3v) is 13.5. The minimum absolute atomic E-state index is 0.0643. The molecule has 0 aromatic rings. The Kier molecular flexibility index (Phi) is 8.06. The molecule has 0 amide bonds. The summed E-state index contributed by atoms with van der Waals surface area (Å²) in [5.41, 5.74) is 6.84. The van der Waals surface area contributed by atoms with E-state index in [2.05, 4.69) is 48.4 Å². The Morgan fingerprint density at radius 3 is 1.55 bits per heavy atom. The first-order chi connectivity index (χ1) is 10.6. The van der Waals surface area contributed by atoms with Crippen LogP contribution < -0.4 is 5.73 Å². The zero-order valence-electron chi connectivity index (χ0n) is 15.0. The zero-order chi connectivity index (χ0) is 16.5. The summed E-state index contributed by atoms with van der Waals surface area (Å²) in [6, 6.07) is 0. The number of nitrogens with two attached hydrogens (primary N) is 1. The molecule has 0 fully saturated rings. The monoisotopic (exact) mass is 329 g/mol. The Labute approximate surface area is 136 Å². The minimum atomic E-state index is -2.32. The van der Waals surface area contributed by atoms with Crippen molar-refractivity contribution in [1.29, 1.82) is 0 Å². The molecule has 1 aliphatic heterocycles. The standard InChI is InChI=1S/C16H36N5P/c1-5-9-12-22(13-10-6-2,14-11-7-3,15(17)8-4)16-18-20-21-19-16/h15-16H,5-14,17H2,1-4H3. The number of nitrogens with zero attached hydrogens (tertiary/aromatic N) is 4. The molecule has 0 aromatic heterocycles. The van der Waals surface area contributed by atoms with E-state index in [1.807, 2.05) is 0 Å². The van der Waals surface area contributed by atoms with Gasteiger partial charge in [-0.15, -0.1) is 0 Å². The van der Waals surface area contributed by atoms with E-state index >= 15 is 0 Å². The fraction of sp³-hybridized carbons (Fsp3) is 1.00. The molecule has 0 radical (unpaired) electrons. The molecule has 1 rings (SSSR count). The first kappa shape index (κ1) is 19.6. The van der Waals surface area contributed by atoms with E-state index in [1.165, 1.54) is 57.0 Å². The summed E-state index contributed by atoms with van der Waals surface area (Å²) in [6.07, 6.45) is 11.9. The van der Waals surface area contributed by atoms with Crippen molar-refractivity contribution in [2.24, 2.45) is 26.4 Å². The van der Waals surface area contributed by atoms with Crippen LogP contribution in [0.2, 0.25) is 0 Å². The quantitative estimate of drug-likeness (QED) is 0.455. The summed E-state index contributed by atoms with van der Waals surface area (Å²) in [5, 5.41) is 16.7. The van der Waals surface area contributed by atoms with Crippen LogP contribution in [0, 0.1) is 0 Å². The normalized spacial score (nSPS) is 18.5. The third-order valence-electron chi connectivity index (χ3n) is 5.54. The van der Waals surface area contributed by atoms with Gasteiger partial charge < -0.3 is 0 Å². The summed E-state index contributed by atoms with van der Waals surface area (Å²) in [4.78, 5) is 0. The van der Waals surface area contributed by atoms with Crippen molar-refractivity contribution < 1.29 is 0 Å². The van der Waals surface area contributed by atoms with Crippen molar-refractivity contribution in [1.82, 2.24) is 0 Å². The van der Waals surface area contributed by atoms with Crippen LogP contribution in [-0.2, 0) is 0 Å². The molecule has 2 N–H and O–H groups in total. The van der Waals surface area contributed by atoms with Gasteiger partial charge in [0.15, 0.2) is 0 Å². The predicted octanol–water partition coefficient (Wildman–Crippen LogP) is 5.75. The number of unbranched alkanes of at least 4 members (excludes halogenated alkanes) is 3. The Morgan fingerprint density at radius 1 is 0.818 bits per heavy atom. The summed E-state index contributed by atoms with van der Waals surface area (Å²) >= 11 is 0. The number of hydrogen-bond acceptors (Lipinski definition) is 5. The van der Waals surface area contributed by atoms with E-state index < -0.39 is 6.60 Å². The average Bonchev–Trinajstić information content (AvgIpc) is 3.10. The maximum absolute atomic E-state index is 6.84. The summed E-state index contributed by atoms with van der Waals surface area (Å²) in [5.74, 6) is 0.155. The third kappa shape index (κ3) is 3.73. The maximum atomic E-state index is 6.84. The van der Waals surface area contributed by atoms with Crippen molar-refractivity contribution in [3.05, 3.63) is 0 Å². The molecule has 6 heteroatoms. The topological polar surface area (TPSA) is 75.5 Å². The molecule has 0 aliphatic carbocycles. The van der Waals surface area contributed by atoms with E-state index in [-0.39, 0.29) is 11.7 Å². The Morgan fingerprint density at radius 2 is 1.23 bits per heavy atom. The molecule has 1 atom stereocenters. The van der Waals surface area contributed by atoms with Gasteiger partial charge in [0, 0.05) is 0 Å². The predicted molar refractivity (Wildman–Crippen MR) is 98.0 cm³/mol. The Balaban J connectivity index is 3.34. The molecule has 0 aromatic carbocycles. The first-order valence-electron chi connectivity index (χ1n) is 9.15. The van der Waals surface area contributed by atoms with Gasteiger partial charge in [-0.3, -0.25) is 0 Å². The molecule has 1 unspecified atom stereocenters. The number of rotatable bonds is 12. The molecule has 1 heterocycles. The van der Waals surface area contributed by atoms with Gasteiger partial charge in [0.1, 0.15) is 0 Å². The van der Waals surface area contributed by atoms with Crippen LogP contribution in [-0.4, -0.2) is 30.2 Å². The summed E-state index contributed by atoms with van der Waals surface area (Å²) in [7, 11) is 0. The van der Waals surface area contributed by atoms with E-state index in [4.69, 9.17) is 5.73 Å². The van der Waals surface area contributed by atoms with Crippen LogP contribution in [0.25, 0.3) is 0 Å². The van der Waals surface area contributed by atoms with Crippen molar-refractivity contribution in [2.75, 3.05) is 18.5 Å². The van der Waals surface area contributed by atoms with Crippen LogP contribution in [0.3, 0.4) is 0 Å². The van der Waals surface area contributed by atoms with Gasteiger partial charge >= 0.3 is 136 Å². The SMILES string of the molecule is CCCCP(CCCC)(CCCC)(C(N)CC)C1N=NN=N1. The first-order valence-corrected chi connectivity index (χ1v) is 12.1. The molecule has 1 aliphatic rings. The van der Waals surface area contributed by atoms with Gasteiger partial charge in [0.25, 0.3) is 0 Å². The van der Waals surface area contributed by atoms with E-state index in [9.17, 15) is 0 Å². The average molecular weight is 329 g/mol. The second-order valence-electron chi connectivity index (χ2n) is 6.88. The van der Waals surface area contributed by atoms with Crippen LogP contribution in [0.5, 0.6) is 0 Å². The molecular formula is C16H36N5P. The van der Waals surface area contributed by atoms with Gasteiger partial charge in [0.05, 0.1) is 0 Å². The molecule has 0 bridgehead atoms. The number of hydrogen-bond donors (Lipinski definition) is 1. The van der Waals surface area contributed by atoms with E-state index in [1.54, 1.807) is 0 Å². The molecule has 22 heavy (non-hydrogen) atoms. The molecule has 130 valence electrons. The summed E-state index contributed by atoms with van der Waals surface area (Å²) in [6.45, 7) is 6.69. The van der Waals surface area contributed by atoms with Crippen LogP contribution in [0.4, 0.5) is 0 Å². The van der Waals surface area contributed by atoms with E-state index in [0.29, 0.717) is 0 Å². The molecular weight excluding hydrogens is 293 g/mol. The zero-order valence-corrected chi connectivity index (χ0v) is 15.9. The second-order valence-corrected chi connectivity index (χ2v) is 13.2. The summed E-state index contributed by atoms with van der Waals surface area (Å²) < 4.78 is 0. The Hall–Kier alpha value is -0.410. The van der Waals surface area contributed by atoms with Crippen LogP contribution in [0.15, 0.2) is 20.7 Å². The second kappa shape index (κ2) is 9.02. The van der Waals surface area contributed by atoms with Gasteiger partial charge in [-0.2, -0.15) is 0 Å². The van der Waals surface area contributed by atoms with Crippen molar-refractivity contribution in [3.8, 4) is 0 Å². The van der Waals surface area contributed by atoms with Crippen molar-refractivity contribution >= 4 is 6.60 Å². The van der Waals surface area contributed by atoms with Gasteiger partial charge in [-0.1, -0.05) is 0 Å². The van der Waals surface area contributed by atoms with Crippen LogP contribution >= 0.6 is 6.60 Å². The fourth-order valence-corrected chi connectivity index (χ4v) is 11.7. The van der Waals surface area contributed by atoms with E-state index in [0.717, 1.165) is 6.42 Å². The van der Waals surface area contributed by atoms with Crippen molar-refractivity contribution in [3.63, 3.8) is 0 Å². The molecule has 0 saturated carbocycles. The molecule has 0 saturated heterocycles. The Bertz CT molecular complexity index is 346. The van der Waals surface area contributed by atoms with Gasteiger partial charge in [-0.25, -0.2) is 0 Å². The van der Waals surface area contributed by atoms with Crippen molar-refractivity contribution in [2.45, 2.75) is 84.3 Å². The fourth-order valence-electron chi connectivity index (χ4n) is 3.98.